The van der Waals surface area contributed by atoms with Gasteiger partial charge in [0.1, 0.15) is 17.3 Å². The first kappa shape index (κ1) is 19.0. The monoisotopic (exact) mass is 395 g/mol. The highest BCUT2D eigenvalue weighted by Crippen LogP contribution is 2.30. The van der Waals surface area contributed by atoms with Gasteiger partial charge in [-0.25, -0.2) is 9.18 Å². The highest BCUT2D eigenvalue weighted by Gasteiger charge is 2.34. The third-order valence-electron chi connectivity index (χ3n) is 5.24. The van der Waals surface area contributed by atoms with Crippen LogP contribution >= 0.6 is 0 Å². The summed E-state index contributed by atoms with van der Waals surface area (Å²) in [5.74, 6) is -0.329. The summed E-state index contributed by atoms with van der Waals surface area (Å²) in [4.78, 5) is 28.3. The molecule has 2 aromatic rings. The molecule has 0 aromatic heterocycles. The maximum absolute atomic E-state index is 13.9. The Morgan fingerprint density at radius 2 is 1.90 bits per heavy atom. The SMILES string of the molecule is COc1cc(N2CCCC2)ccc1/C=C1/NC(=O)N(Cc2ccccc2F)C1=O. The van der Waals surface area contributed by atoms with Crippen LogP contribution in [0.1, 0.15) is 24.0 Å². The summed E-state index contributed by atoms with van der Waals surface area (Å²) < 4.78 is 19.4. The Bertz CT molecular complexity index is 983. The van der Waals surface area contributed by atoms with Gasteiger partial charge in [-0.05, 0) is 37.1 Å². The normalized spacial score (nSPS) is 17.9. The summed E-state index contributed by atoms with van der Waals surface area (Å²) in [6.45, 7) is 1.91. The molecule has 2 saturated heterocycles. The first-order chi connectivity index (χ1) is 14.1. The Balaban J connectivity index is 1.57. The van der Waals surface area contributed by atoms with Gasteiger partial charge in [0.15, 0.2) is 0 Å². The Kier molecular flexibility index (Phi) is 5.20. The zero-order chi connectivity index (χ0) is 20.4. The van der Waals surface area contributed by atoms with Crippen LogP contribution in [0.15, 0.2) is 48.2 Å². The number of amides is 3. The number of methoxy groups -OCH3 is 1. The quantitative estimate of drug-likeness (QED) is 0.622. The van der Waals surface area contributed by atoms with Gasteiger partial charge in [-0.15, -0.1) is 0 Å². The molecule has 0 saturated carbocycles. The van der Waals surface area contributed by atoms with Gasteiger partial charge in [-0.2, -0.15) is 0 Å². The number of carbonyl (C=O) groups excluding carboxylic acids is 2. The second-order valence-corrected chi connectivity index (χ2v) is 7.09. The molecule has 2 fully saturated rings. The average Bonchev–Trinajstić information content (AvgIpc) is 3.35. The second-order valence-electron chi connectivity index (χ2n) is 7.09. The third-order valence-corrected chi connectivity index (χ3v) is 5.24. The predicted molar refractivity (Wildman–Crippen MR) is 108 cm³/mol. The second kappa shape index (κ2) is 7.95. The van der Waals surface area contributed by atoms with Crippen LogP contribution in [0.3, 0.4) is 0 Å². The van der Waals surface area contributed by atoms with E-state index >= 15 is 0 Å². The summed E-state index contributed by atoms with van der Waals surface area (Å²) in [5.41, 5.74) is 2.18. The maximum Gasteiger partial charge on any atom is 0.329 e. The molecule has 0 unspecified atom stereocenters. The van der Waals surface area contributed by atoms with Crippen molar-refractivity contribution in [3.8, 4) is 5.75 Å². The number of halogens is 1. The largest absolute Gasteiger partial charge is 0.496 e. The van der Waals surface area contributed by atoms with E-state index in [1.807, 2.05) is 18.2 Å². The van der Waals surface area contributed by atoms with Crippen molar-refractivity contribution in [3.63, 3.8) is 0 Å². The molecule has 0 radical (unpaired) electrons. The molecule has 0 atom stereocenters. The molecule has 3 amide bonds. The fourth-order valence-corrected chi connectivity index (χ4v) is 3.66. The van der Waals surface area contributed by atoms with Gasteiger partial charge < -0.3 is 15.0 Å². The van der Waals surface area contributed by atoms with E-state index in [1.54, 1.807) is 31.4 Å². The molecule has 6 nitrogen and oxygen atoms in total. The summed E-state index contributed by atoms with van der Waals surface area (Å²) in [7, 11) is 1.57. The van der Waals surface area contributed by atoms with Gasteiger partial charge in [-0.1, -0.05) is 18.2 Å². The molecule has 2 aliphatic rings. The van der Waals surface area contributed by atoms with Gasteiger partial charge in [-0.3, -0.25) is 9.69 Å². The van der Waals surface area contributed by atoms with Crippen LogP contribution in [-0.4, -0.2) is 37.0 Å². The molecular weight excluding hydrogens is 373 g/mol. The van der Waals surface area contributed by atoms with Crippen molar-refractivity contribution in [1.82, 2.24) is 10.2 Å². The lowest BCUT2D eigenvalue weighted by atomic mass is 10.1. The Labute approximate surface area is 168 Å². The third kappa shape index (κ3) is 3.81. The van der Waals surface area contributed by atoms with Crippen LogP contribution in [0, 0.1) is 5.82 Å². The van der Waals surface area contributed by atoms with E-state index in [2.05, 4.69) is 10.2 Å². The van der Waals surface area contributed by atoms with Crippen LogP contribution in [0.5, 0.6) is 5.75 Å². The topological polar surface area (TPSA) is 61.9 Å². The van der Waals surface area contributed by atoms with E-state index in [4.69, 9.17) is 4.74 Å². The number of nitrogens with one attached hydrogen (secondary N) is 1. The molecule has 2 heterocycles. The van der Waals surface area contributed by atoms with Crippen LogP contribution in [0.25, 0.3) is 6.08 Å². The van der Waals surface area contributed by atoms with Crippen LogP contribution < -0.4 is 15.0 Å². The molecule has 2 aliphatic heterocycles. The Morgan fingerprint density at radius 1 is 1.14 bits per heavy atom. The smallest absolute Gasteiger partial charge is 0.329 e. The van der Waals surface area contributed by atoms with E-state index in [-0.39, 0.29) is 17.8 Å². The van der Waals surface area contributed by atoms with Crippen molar-refractivity contribution in [3.05, 3.63) is 65.1 Å². The number of nitrogens with zero attached hydrogens (tertiary/aromatic N) is 2. The number of carbonyl (C=O) groups is 2. The van der Waals surface area contributed by atoms with Crippen molar-refractivity contribution in [2.45, 2.75) is 19.4 Å². The van der Waals surface area contributed by atoms with Gasteiger partial charge in [0, 0.05) is 36.0 Å². The van der Waals surface area contributed by atoms with Gasteiger partial charge >= 0.3 is 6.03 Å². The van der Waals surface area contributed by atoms with Crippen molar-refractivity contribution < 1.29 is 18.7 Å². The lowest BCUT2D eigenvalue weighted by Gasteiger charge is -2.19. The number of ether oxygens (including phenoxy) is 1. The number of urea groups is 1. The number of imide groups is 1. The maximum atomic E-state index is 13.9. The molecule has 0 spiro atoms. The molecule has 0 bridgehead atoms. The zero-order valence-corrected chi connectivity index (χ0v) is 16.2. The average molecular weight is 395 g/mol. The summed E-state index contributed by atoms with van der Waals surface area (Å²) >= 11 is 0. The van der Waals surface area contributed by atoms with E-state index in [0.29, 0.717) is 11.3 Å². The van der Waals surface area contributed by atoms with E-state index in [9.17, 15) is 14.0 Å². The predicted octanol–water partition coefficient (Wildman–Crippen LogP) is 3.53. The Morgan fingerprint density at radius 3 is 2.62 bits per heavy atom. The molecule has 7 heteroatoms. The lowest BCUT2D eigenvalue weighted by Crippen LogP contribution is -2.30. The van der Waals surface area contributed by atoms with E-state index in [0.717, 1.165) is 23.7 Å². The van der Waals surface area contributed by atoms with Crippen molar-refractivity contribution in [2.24, 2.45) is 0 Å². The lowest BCUT2D eigenvalue weighted by molar-refractivity contribution is -0.123. The van der Waals surface area contributed by atoms with Gasteiger partial charge in [0.05, 0.1) is 13.7 Å². The molecule has 29 heavy (non-hydrogen) atoms. The fraction of sp³-hybridized carbons (Fsp3) is 0.273. The molecule has 0 aliphatic carbocycles. The summed E-state index contributed by atoms with van der Waals surface area (Å²) in [6, 6.07) is 11.3. The van der Waals surface area contributed by atoms with E-state index < -0.39 is 17.8 Å². The standard InChI is InChI=1S/C22H22FN3O3/c1-29-20-13-17(25-10-4-5-11-25)9-8-15(20)12-19-21(27)26(22(28)24-19)14-16-6-2-3-7-18(16)23/h2-3,6-9,12-13H,4-5,10-11,14H2,1H3,(H,24,28)/b19-12+. The number of benzene rings is 2. The van der Waals surface area contributed by atoms with Gasteiger partial charge in [0.2, 0.25) is 0 Å². The number of rotatable bonds is 5. The van der Waals surface area contributed by atoms with Crippen LogP contribution in [0.4, 0.5) is 14.9 Å². The first-order valence-corrected chi connectivity index (χ1v) is 9.58. The highest BCUT2D eigenvalue weighted by molar-refractivity contribution is 6.14. The molecule has 4 rings (SSSR count). The van der Waals surface area contributed by atoms with Crippen molar-refractivity contribution >= 4 is 23.7 Å². The van der Waals surface area contributed by atoms with Crippen LogP contribution in [-0.2, 0) is 11.3 Å². The van der Waals surface area contributed by atoms with Crippen LogP contribution in [0.2, 0.25) is 0 Å². The number of hydrogen-bond acceptors (Lipinski definition) is 4. The highest BCUT2D eigenvalue weighted by atomic mass is 19.1. The molecule has 1 N–H and O–H groups in total. The van der Waals surface area contributed by atoms with Crippen molar-refractivity contribution in [1.29, 1.82) is 0 Å². The fourth-order valence-electron chi connectivity index (χ4n) is 3.66. The molecule has 150 valence electrons. The van der Waals surface area contributed by atoms with E-state index in [1.165, 1.54) is 18.9 Å². The minimum atomic E-state index is -0.572. The van der Waals surface area contributed by atoms with Gasteiger partial charge in [0.25, 0.3) is 5.91 Å². The minimum absolute atomic E-state index is 0.125. The van der Waals surface area contributed by atoms with Crippen molar-refractivity contribution in [2.75, 3.05) is 25.1 Å². The number of anilines is 1. The minimum Gasteiger partial charge on any atom is -0.496 e. The summed E-state index contributed by atoms with van der Waals surface area (Å²) in [6.07, 6.45) is 3.94. The number of hydrogen-bond donors (Lipinski definition) is 1. The summed E-state index contributed by atoms with van der Waals surface area (Å²) in [5, 5.41) is 2.57. The first-order valence-electron chi connectivity index (χ1n) is 9.58. The zero-order valence-electron chi connectivity index (χ0n) is 16.2. The molecule has 2 aromatic carbocycles. The Hall–Kier alpha value is -3.35. The molecular formula is C22H22FN3O3.